The van der Waals surface area contributed by atoms with Gasteiger partial charge >= 0.3 is 0 Å². The summed E-state index contributed by atoms with van der Waals surface area (Å²) in [5.41, 5.74) is 0. The van der Waals surface area contributed by atoms with Crippen molar-refractivity contribution in [3.05, 3.63) is 0 Å². The fraction of sp³-hybridized carbons (Fsp3) is 0.938. The van der Waals surface area contributed by atoms with Gasteiger partial charge in [-0.05, 0) is 57.8 Å². The lowest BCUT2D eigenvalue weighted by molar-refractivity contribution is 0.0129. The van der Waals surface area contributed by atoms with Crippen LogP contribution < -0.4 is 5.32 Å². The summed E-state index contributed by atoms with van der Waals surface area (Å²) in [6, 6.07) is 0.671. The molecular formula is C16H29N3O. The van der Waals surface area contributed by atoms with E-state index in [0.29, 0.717) is 12.1 Å². The number of piperidine rings is 1. The number of hydrogen-bond acceptors (Lipinski definition) is 2. The normalized spacial score (nSPS) is 25.6. The molecule has 0 unspecified atom stereocenters. The molecule has 0 atom stereocenters. The fourth-order valence-corrected chi connectivity index (χ4v) is 2.91. The van der Waals surface area contributed by atoms with Crippen molar-refractivity contribution >= 4 is 5.96 Å². The monoisotopic (exact) mass is 279 g/mol. The van der Waals surface area contributed by atoms with Crippen molar-refractivity contribution in [2.75, 3.05) is 26.2 Å². The number of guanidine groups is 1. The van der Waals surface area contributed by atoms with E-state index in [9.17, 15) is 0 Å². The van der Waals surface area contributed by atoms with Crippen molar-refractivity contribution in [3.8, 4) is 0 Å². The average Bonchev–Trinajstić information content (AvgIpc) is 3.24. The maximum absolute atomic E-state index is 6.02. The standard InChI is InChI=1S/C16H29N3O/c1-2-17-16(18-14-4-3-5-14)19-10-8-15(9-11-19)20-12-13-6-7-13/h13-15H,2-12H2,1H3,(H,17,18). The molecule has 1 saturated heterocycles. The second kappa shape index (κ2) is 6.79. The summed E-state index contributed by atoms with van der Waals surface area (Å²) in [4.78, 5) is 7.10. The Labute approximate surface area is 123 Å². The zero-order chi connectivity index (χ0) is 13.8. The number of ether oxygens (including phenoxy) is 1. The number of hydrogen-bond donors (Lipinski definition) is 1. The molecule has 1 heterocycles. The molecule has 2 saturated carbocycles. The summed E-state index contributed by atoms with van der Waals surface area (Å²) in [5.74, 6) is 2.02. The highest BCUT2D eigenvalue weighted by atomic mass is 16.5. The van der Waals surface area contributed by atoms with E-state index >= 15 is 0 Å². The van der Waals surface area contributed by atoms with Crippen LogP contribution in [0, 0.1) is 5.92 Å². The van der Waals surface area contributed by atoms with E-state index in [1.54, 1.807) is 0 Å². The highest BCUT2D eigenvalue weighted by Crippen LogP contribution is 2.30. The van der Waals surface area contributed by atoms with Gasteiger partial charge in [-0.1, -0.05) is 0 Å². The maximum atomic E-state index is 6.02. The van der Waals surface area contributed by atoms with Gasteiger partial charge in [0.05, 0.1) is 6.10 Å². The molecular weight excluding hydrogens is 250 g/mol. The summed E-state index contributed by atoms with van der Waals surface area (Å²) in [6.45, 7) is 6.17. The minimum absolute atomic E-state index is 0.485. The fourth-order valence-electron chi connectivity index (χ4n) is 2.91. The lowest BCUT2D eigenvalue weighted by Gasteiger charge is -2.37. The van der Waals surface area contributed by atoms with E-state index in [1.165, 1.54) is 32.1 Å². The Morgan fingerprint density at radius 2 is 1.90 bits per heavy atom. The van der Waals surface area contributed by atoms with Gasteiger partial charge in [0, 0.05) is 32.3 Å². The Morgan fingerprint density at radius 1 is 1.15 bits per heavy atom. The second-order valence-electron chi connectivity index (χ2n) is 6.53. The van der Waals surface area contributed by atoms with Gasteiger partial charge in [0.2, 0.25) is 0 Å². The zero-order valence-corrected chi connectivity index (χ0v) is 12.8. The van der Waals surface area contributed by atoms with Crippen molar-refractivity contribution < 1.29 is 4.74 Å². The highest BCUT2D eigenvalue weighted by Gasteiger charge is 2.27. The van der Waals surface area contributed by atoms with Crippen LogP contribution in [-0.4, -0.2) is 49.2 Å². The van der Waals surface area contributed by atoms with Gasteiger partial charge in [-0.2, -0.15) is 0 Å². The van der Waals surface area contributed by atoms with E-state index < -0.39 is 0 Å². The van der Waals surface area contributed by atoms with Gasteiger partial charge in [-0.3, -0.25) is 4.99 Å². The van der Waals surface area contributed by atoms with Crippen LogP contribution in [0.5, 0.6) is 0 Å². The van der Waals surface area contributed by atoms with Crippen molar-refractivity contribution in [1.82, 2.24) is 10.2 Å². The summed E-state index contributed by atoms with van der Waals surface area (Å²) < 4.78 is 6.02. The molecule has 2 aliphatic carbocycles. The summed E-state index contributed by atoms with van der Waals surface area (Å²) in [6.07, 6.45) is 9.55. The van der Waals surface area contributed by atoms with Crippen molar-refractivity contribution in [1.29, 1.82) is 0 Å². The largest absolute Gasteiger partial charge is 0.378 e. The van der Waals surface area contributed by atoms with Crippen molar-refractivity contribution in [3.63, 3.8) is 0 Å². The molecule has 1 aliphatic heterocycles. The van der Waals surface area contributed by atoms with Gasteiger partial charge < -0.3 is 15.0 Å². The molecule has 0 radical (unpaired) electrons. The molecule has 114 valence electrons. The summed E-state index contributed by atoms with van der Waals surface area (Å²) >= 11 is 0. The Kier molecular flexibility index (Phi) is 4.81. The molecule has 4 nitrogen and oxygen atoms in total. The Balaban J connectivity index is 1.43. The minimum atomic E-state index is 0.485. The first-order valence-electron chi connectivity index (χ1n) is 8.52. The predicted octanol–water partition coefficient (Wildman–Crippen LogP) is 2.40. The molecule has 0 aromatic carbocycles. The van der Waals surface area contributed by atoms with Crippen molar-refractivity contribution in [2.24, 2.45) is 10.9 Å². The highest BCUT2D eigenvalue weighted by molar-refractivity contribution is 5.80. The van der Waals surface area contributed by atoms with Crippen LogP contribution in [0.3, 0.4) is 0 Å². The predicted molar refractivity (Wildman–Crippen MR) is 82.0 cm³/mol. The lowest BCUT2D eigenvalue weighted by atomic mass is 9.93. The topological polar surface area (TPSA) is 36.9 Å². The first-order valence-corrected chi connectivity index (χ1v) is 8.52. The molecule has 3 rings (SSSR count). The molecule has 3 fully saturated rings. The molecule has 3 aliphatic rings. The molecule has 20 heavy (non-hydrogen) atoms. The SMILES string of the molecule is CCN=C(NC1CCC1)N1CCC(OCC2CC2)CC1. The van der Waals surface area contributed by atoms with Gasteiger partial charge in [-0.25, -0.2) is 0 Å². The van der Waals surface area contributed by atoms with Crippen LogP contribution in [-0.2, 0) is 4.74 Å². The molecule has 0 bridgehead atoms. The smallest absolute Gasteiger partial charge is 0.194 e. The van der Waals surface area contributed by atoms with Crippen molar-refractivity contribution in [2.45, 2.75) is 64.0 Å². The van der Waals surface area contributed by atoms with E-state index in [2.05, 4.69) is 22.1 Å². The molecule has 0 aromatic rings. The molecule has 4 heteroatoms. The average molecular weight is 279 g/mol. The Morgan fingerprint density at radius 3 is 2.45 bits per heavy atom. The van der Waals surface area contributed by atoms with Crippen LogP contribution in [0.15, 0.2) is 4.99 Å². The van der Waals surface area contributed by atoms with E-state index in [4.69, 9.17) is 4.74 Å². The van der Waals surface area contributed by atoms with Crippen LogP contribution in [0.2, 0.25) is 0 Å². The quantitative estimate of drug-likeness (QED) is 0.620. The van der Waals surface area contributed by atoms with Gasteiger partial charge in [0.25, 0.3) is 0 Å². The van der Waals surface area contributed by atoms with Crippen LogP contribution in [0.25, 0.3) is 0 Å². The van der Waals surface area contributed by atoms with Crippen LogP contribution in [0.4, 0.5) is 0 Å². The molecule has 0 spiro atoms. The number of nitrogens with one attached hydrogen (secondary N) is 1. The molecule has 0 amide bonds. The molecule has 0 aromatic heterocycles. The van der Waals surface area contributed by atoms with Gasteiger partial charge in [0.15, 0.2) is 5.96 Å². The van der Waals surface area contributed by atoms with E-state index in [-0.39, 0.29) is 0 Å². The Hall–Kier alpha value is -0.770. The van der Waals surface area contributed by atoms with Gasteiger partial charge in [0.1, 0.15) is 0 Å². The first-order chi connectivity index (χ1) is 9.85. The Bertz CT molecular complexity index is 329. The van der Waals surface area contributed by atoms with E-state index in [1.807, 2.05) is 0 Å². The number of rotatable bonds is 5. The maximum Gasteiger partial charge on any atom is 0.194 e. The van der Waals surface area contributed by atoms with Crippen LogP contribution >= 0.6 is 0 Å². The minimum Gasteiger partial charge on any atom is -0.378 e. The third kappa shape index (κ3) is 3.87. The zero-order valence-electron chi connectivity index (χ0n) is 12.8. The number of nitrogens with zero attached hydrogens (tertiary/aromatic N) is 2. The van der Waals surface area contributed by atoms with Crippen LogP contribution in [0.1, 0.15) is 51.9 Å². The third-order valence-corrected chi connectivity index (χ3v) is 4.75. The number of likely N-dealkylation sites (tertiary alicyclic amines) is 1. The second-order valence-corrected chi connectivity index (χ2v) is 6.53. The van der Waals surface area contributed by atoms with Gasteiger partial charge in [-0.15, -0.1) is 0 Å². The molecule has 1 N–H and O–H groups in total. The third-order valence-electron chi connectivity index (χ3n) is 4.75. The summed E-state index contributed by atoms with van der Waals surface area (Å²) in [7, 11) is 0. The summed E-state index contributed by atoms with van der Waals surface area (Å²) in [5, 5.41) is 3.63. The number of aliphatic imine (C=N–C) groups is 1. The van der Waals surface area contributed by atoms with E-state index in [0.717, 1.165) is 51.0 Å². The lowest BCUT2D eigenvalue weighted by Crippen LogP contribution is -2.51. The first kappa shape index (κ1) is 14.2.